The second-order valence-electron chi connectivity index (χ2n) is 5.07. The second kappa shape index (κ2) is 6.55. The Morgan fingerprint density at radius 3 is 2.95 bits per heavy atom. The van der Waals surface area contributed by atoms with Crippen molar-refractivity contribution in [3.63, 3.8) is 0 Å². The summed E-state index contributed by atoms with van der Waals surface area (Å²) in [4.78, 5) is 2.19. The molecule has 1 aromatic carbocycles. The van der Waals surface area contributed by atoms with E-state index in [9.17, 15) is 5.11 Å². The van der Waals surface area contributed by atoms with Gasteiger partial charge < -0.3 is 15.3 Å². The molecule has 102 valence electrons. The minimum atomic E-state index is 0.145. The number of aryl methyl sites for hydroxylation is 1. The molecule has 0 spiro atoms. The third-order valence-electron chi connectivity index (χ3n) is 3.67. The highest BCUT2D eigenvalue weighted by Gasteiger charge is 2.18. The molecular weight excluding hydrogens is 238 g/mol. The Morgan fingerprint density at radius 1 is 1.53 bits per heavy atom. The number of rotatable bonds is 5. The van der Waals surface area contributed by atoms with Crippen LogP contribution in [0.2, 0.25) is 0 Å². The molecule has 1 saturated heterocycles. The topological polar surface area (TPSA) is 59.3 Å². The first-order valence-corrected chi connectivity index (χ1v) is 6.84. The van der Waals surface area contributed by atoms with Gasteiger partial charge in [0, 0.05) is 24.8 Å². The maximum absolute atomic E-state index is 9.23. The lowest BCUT2D eigenvalue weighted by Gasteiger charge is -2.27. The molecule has 0 aliphatic carbocycles. The number of aliphatic hydroxyl groups is 1. The van der Waals surface area contributed by atoms with Crippen LogP contribution < -0.4 is 10.2 Å². The van der Waals surface area contributed by atoms with E-state index in [4.69, 9.17) is 5.26 Å². The molecule has 4 nitrogen and oxygen atoms in total. The molecule has 1 fully saturated rings. The third kappa shape index (κ3) is 3.46. The van der Waals surface area contributed by atoms with E-state index >= 15 is 0 Å². The Morgan fingerprint density at radius 2 is 2.37 bits per heavy atom. The first-order valence-electron chi connectivity index (χ1n) is 6.84. The third-order valence-corrected chi connectivity index (χ3v) is 3.67. The maximum Gasteiger partial charge on any atom is 0.0994 e. The first-order chi connectivity index (χ1) is 9.24. The predicted molar refractivity (Wildman–Crippen MR) is 76.2 cm³/mol. The van der Waals surface area contributed by atoms with Gasteiger partial charge in [-0.05, 0) is 50.1 Å². The number of nitrogens with zero attached hydrogens (tertiary/aromatic N) is 2. The van der Waals surface area contributed by atoms with E-state index < -0.39 is 0 Å². The summed E-state index contributed by atoms with van der Waals surface area (Å²) >= 11 is 0. The van der Waals surface area contributed by atoms with Gasteiger partial charge in [0.25, 0.3) is 0 Å². The molecule has 19 heavy (non-hydrogen) atoms. The van der Waals surface area contributed by atoms with Gasteiger partial charge in [0.15, 0.2) is 0 Å². The monoisotopic (exact) mass is 259 g/mol. The molecule has 1 aliphatic rings. The van der Waals surface area contributed by atoms with Gasteiger partial charge in [-0.1, -0.05) is 0 Å². The number of anilines is 1. The van der Waals surface area contributed by atoms with Crippen LogP contribution >= 0.6 is 0 Å². The van der Waals surface area contributed by atoms with Gasteiger partial charge in [0.2, 0.25) is 0 Å². The van der Waals surface area contributed by atoms with Gasteiger partial charge in [0.05, 0.1) is 18.2 Å². The molecular formula is C15H21N3O. The van der Waals surface area contributed by atoms with E-state index in [1.54, 1.807) is 0 Å². The molecule has 1 aromatic rings. The molecule has 2 N–H and O–H groups in total. The predicted octanol–water partition coefficient (Wildman–Crippen LogP) is 1.42. The van der Waals surface area contributed by atoms with Crippen molar-refractivity contribution < 1.29 is 5.11 Å². The second-order valence-corrected chi connectivity index (χ2v) is 5.07. The fourth-order valence-electron chi connectivity index (χ4n) is 2.60. The quantitative estimate of drug-likeness (QED) is 0.839. The van der Waals surface area contributed by atoms with Crippen LogP contribution in [0, 0.1) is 18.3 Å². The SMILES string of the molecule is Cc1cc(N(CCO)CC2CCCN2)ccc1C#N. The minimum Gasteiger partial charge on any atom is -0.395 e. The molecule has 0 amide bonds. The van der Waals surface area contributed by atoms with E-state index in [-0.39, 0.29) is 6.61 Å². The first kappa shape index (κ1) is 13.9. The molecule has 0 bridgehead atoms. The van der Waals surface area contributed by atoms with Gasteiger partial charge in [0.1, 0.15) is 0 Å². The van der Waals surface area contributed by atoms with Crippen molar-refractivity contribution in [1.82, 2.24) is 5.32 Å². The van der Waals surface area contributed by atoms with Gasteiger partial charge in [-0.15, -0.1) is 0 Å². The Hall–Kier alpha value is -1.57. The highest BCUT2D eigenvalue weighted by molar-refractivity contribution is 5.53. The Balaban J connectivity index is 2.13. The van der Waals surface area contributed by atoms with Crippen LogP contribution in [-0.4, -0.2) is 37.4 Å². The fraction of sp³-hybridized carbons (Fsp3) is 0.533. The Bertz CT molecular complexity index is 461. The van der Waals surface area contributed by atoms with Gasteiger partial charge in [-0.2, -0.15) is 5.26 Å². The summed E-state index contributed by atoms with van der Waals surface area (Å²) in [5.41, 5.74) is 2.79. The van der Waals surface area contributed by atoms with E-state index in [2.05, 4.69) is 16.3 Å². The van der Waals surface area contributed by atoms with Crippen LogP contribution in [0.1, 0.15) is 24.0 Å². The minimum absolute atomic E-state index is 0.145. The maximum atomic E-state index is 9.23. The zero-order chi connectivity index (χ0) is 13.7. The largest absolute Gasteiger partial charge is 0.395 e. The van der Waals surface area contributed by atoms with Crippen molar-refractivity contribution in [2.45, 2.75) is 25.8 Å². The lowest BCUT2D eigenvalue weighted by Crippen LogP contribution is -2.39. The molecule has 4 heteroatoms. The Labute approximate surface area is 114 Å². The van der Waals surface area contributed by atoms with Crippen molar-refractivity contribution in [3.8, 4) is 6.07 Å². The smallest absolute Gasteiger partial charge is 0.0994 e. The lowest BCUT2D eigenvalue weighted by atomic mass is 10.1. The molecule has 0 radical (unpaired) electrons. The standard InChI is InChI=1S/C15H21N3O/c1-12-9-15(5-4-13(12)10-16)18(7-8-19)11-14-3-2-6-17-14/h4-5,9,14,17,19H,2-3,6-8,11H2,1H3. The summed E-state index contributed by atoms with van der Waals surface area (Å²) in [5, 5.41) is 21.7. The number of aliphatic hydroxyl groups excluding tert-OH is 1. The van der Waals surface area contributed by atoms with Gasteiger partial charge in [-0.25, -0.2) is 0 Å². The van der Waals surface area contributed by atoms with Crippen LogP contribution in [-0.2, 0) is 0 Å². The number of hydrogen-bond acceptors (Lipinski definition) is 4. The van der Waals surface area contributed by atoms with Gasteiger partial charge in [-0.3, -0.25) is 0 Å². The normalized spacial score (nSPS) is 18.3. The molecule has 0 aromatic heterocycles. The van der Waals surface area contributed by atoms with Crippen molar-refractivity contribution in [1.29, 1.82) is 5.26 Å². The van der Waals surface area contributed by atoms with Crippen molar-refractivity contribution >= 4 is 5.69 Å². The number of nitriles is 1. The van der Waals surface area contributed by atoms with Crippen LogP contribution in [0.3, 0.4) is 0 Å². The summed E-state index contributed by atoms with van der Waals surface area (Å²) in [6.07, 6.45) is 2.42. The van der Waals surface area contributed by atoms with Crippen LogP contribution in [0.15, 0.2) is 18.2 Å². The van der Waals surface area contributed by atoms with E-state index in [1.807, 2.05) is 25.1 Å². The summed E-state index contributed by atoms with van der Waals surface area (Å²) in [5.74, 6) is 0. The van der Waals surface area contributed by atoms with Crippen molar-refractivity contribution in [2.24, 2.45) is 0 Å². The summed E-state index contributed by atoms with van der Waals surface area (Å²) < 4.78 is 0. The van der Waals surface area contributed by atoms with Crippen LogP contribution in [0.4, 0.5) is 5.69 Å². The average Bonchev–Trinajstić information content (AvgIpc) is 2.91. The van der Waals surface area contributed by atoms with Crippen LogP contribution in [0.5, 0.6) is 0 Å². The zero-order valence-corrected chi connectivity index (χ0v) is 11.4. The summed E-state index contributed by atoms with van der Waals surface area (Å²) in [7, 11) is 0. The van der Waals surface area contributed by atoms with Crippen molar-refractivity contribution in [2.75, 3.05) is 31.1 Å². The highest BCUT2D eigenvalue weighted by atomic mass is 16.3. The number of benzene rings is 1. The lowest BCUT2D eigenvalue weighted by molar-refractivity contribution is 0.300. The molecule has 0 saturated carbocycles. The summed E-state index contributed by atoms with van der Waals surface area (Å²) in [6, 6.07) is 8.55. The van der Waals surface area contributed by atoms with Crippen molar-refractivity contribution in [3.05, 3.63) is 29.3 Å². The van der Waals surface area contributed by atoms with Gasteiger partial charge >= 0.3 is 0 Å². The molecule has 2 rings (SSSR count). The molecule has 1 atom stereocenters. The average molecular weight is 259 g/mol. The zero-order valence-electron chi connectivity index (χ0n) is 11.4. The fourth-order valence-corrected chi connectivity index (χ4v) is 2.60. The Kier molecular flexibility index (Phi) is 4.78. The van der Waals surface area contributed by atoms with E-state index in [0.29, 0.717) is 18.2 Å². The number of hydrogen-bond donors (Lipinski definition) is 2. The highest BCUT2D eigenvalue weighted by Crippen LogP contribution is 2.20. The van der Waals surface area contributed by atoms with E-state index in [1.165, 1.54) is 12.8 Å². The van der Waals surface area contributed by atoms with E-state index in [0.717, 1.165) is 24.3 Å². The molecule has 1 aliphatic heterocycles. The van der Waals surface area contributed by atoms with Crippen LogP contribution in [0.25, 0.3) is 0 Å². The number of nitrogens with one attached hydrogen (secondary N) is 1. The molecule has 1 heterocycles. The summed E-state index contributed by atoms with van der Waals surface area (Å²) in [6.45, 7) is 4.72. The molecule has 1 unspecified atom stereocenters.